The molecule has 0 aliphatic rings. The predicted octanol–water partition coefficient (Wildman–Crippen LogP) is 5.78. The van der Waals surface area contributed by atoms with Gasteiger partial charge < -0.3 is 5.32 Å². The van der Waals surface area contributed by atoms with Gasteiger partial charge in [-0.3, -0.25) is 4.99 Å². The highest BCUT2D eigenvalue weighted by atomic mass is 15.0. The van der Waals surface area contributed by atoms with Crippen molar-refractivity contribution < 1.29 is 0 Å². The third-order valence-corrected chi connectivity index (χ3v) is 4.41. The first-order valence-electron chi connectivity index (χ1n) is 8.66. The third kappa shape index (κ3) is 4.14. The van der Waals surface area contributed by atoms with E-state index in [-0.39, 0.29) is 0 Å². The van der Waals surface area contributed by atoms with Crippen LogP contribution in [0, 0.1) is 13.8 Å². The van der Waals surface area contributed by atoms with E-state index in [1.807, 2.05) is 31.3 Å². The summed E-state index contributed by atoms with van der Waals surface area (Å²) < 4.78 is 0. The summed E-state index contributed by atoms with van der Waals surface area (Å²) in [5.74, 6) is 0.887. The maximum atomic E-state index is 4.47. The number of para-hydroxylation sites is 1. The number of anilines is 1. The minimum atomic E-state index is 0.887. The van der Waals surface area contributed by atoms with Gasteiger partial charge in [0.1, 0.15) is 5.84 Å². The highest BCUT2D eigenvalue weighted by molar-refractivity contribution is 6.09. The van der Waals surface area contributed by atoms with Gasteiger partial charge in [-0.2, -0.15) is 0 Å². The molecule has 2 aromatic rings. The van der Waals surface area contributed by atoms with Gasteiger partial charge in [0.05, 0.1) is 0 Å². The van der Waals surface area contributed by atoms with Crippen molar-refractivity contribution >= 4 is 17.6 Å². The van der Waals surface area contributed by atoms with Crippen LogP contribution in [0.15, 0.2) is 48.0 Å². The van der Waals surface area contributed by atoms with E-state index < -0.39 is 0 Å². The minimum absolute atomic E-state index is 0.887. The van der Waals surface area contributed by atoms with Crippen molar-refractivity contribution in [2.24, 2.45) is 4.99 Å². The average molecular weight is 320 g/mol. The van der Waals surface area contributed by atoms with Crippen LogP contribution >= 0.6 is 0 Å². The van der Waals surface area contributed by atoms with Gasteiger partial charge in [0.2, 0.25) is 0 Å². The molecule has 126 valence electrons. The number of nitrogens with one attached hydrogen (secondary N) is 1. The van der Waals surface area contributed by atoms with Gasteiger partial charge in [-0.05, 0) is 67.1 Å². The number of aliphatic imine (C=N–C) groups is 1. The summed E-state index contributed by atoms with van der Waals surface area (Å²) in [5, 5.41) is 3.46. The lowest BCUT2D eigenvalue weighted by Crippen LogP contribution is -2.15. The Labute approximate surface area is 146 Å². The molecule has 0 spiro atoms. The van der Waals surface area contributed by atoms with E-state index >= 15 is 0 Å². The Bertz CT molecular complexity index is 718. The molecule has 0 atom stereocenters. The standard InChI is InChI=1S/C22H28N2/c1-6-8-12-20-16(3)14-19(15-17(20)4)22(23-5)24-21-13-10-9-11-18(21)7-2/h7,9-11,13-15H,2,6,8,12H2,1,3-5H3,(H,23,24). The van der Waals surface area contributed by atoms with Crippen LogP contribution in [0.2, 0.25) is 0 Å². The fraction of sp³-hybridized carbons (Fsp3) is 0.318. The molecule has 2 aromatic carbocycles. The van der Waals surface area contributed by atoms with Gasteiger partial charge in [-0.15, -0.1) is 0 Å². The molecule has 0 heterocycles. The smallest absolute Gasteiger partial charge is 0.132 e. The molecule has 1 N–H and O–H groups in total. The Morgan fingerprint density at radius 1 is 1.17 bits per heavy atom. The molecular formula is C22H28N2. The van der Waals surface area contributed by atoms with Crippen molar-refractivity contribution in [3.05, 3.63) is 70.8 Å². The van der Waals surface area contributed by atoms with Gasteiger partial charge in [0.15, 0.2) is 0 Å². The molecule has 2 nitrogen and oxygen atoms in total. The quantitative estimate of drug-likeness (QED) is 0.529. The molecule has 0 aliphatic heterocycles. The Hall–Kier alpha value is -2.35. The maximum absolute atomic E-state index is 4.47. The van der Waals surface area contributed by atoms with E-state index in [1.165, 1.54) is 29.5 Å². The summed E-state index contributed by atoms with van der Waals surface area (Å²) in [7, 11) is 1.83. The number of hydrogen-bond donors (Lipinski definition) is 1. The van der Waals surface area contributed by atoms with E-state index in [0.717, 1.165) is 29.1 Å². The molecule has 0 fully saturated rings. The predicted molar refractivity (Wildman–Crippen MR) is 107 cm³/mol. The zero-order valence-corrected chi connectivity index (χ0v) is 15.3. The molecule has 0 amide bonds. The molecule has 0 aromatic heterocycles. The summed E-state index contributed by atoms with van der Waals surface area (Å²) >= 11 is 0. The number of benzene rings is 2. The summed E-state index contributed by atoms with van der Waals surface area (Å²) in [6, 6.07) is 12.6. The van der Waals surface area contributed by atoms with Crippen LogP contribution in [0.25, 0.3) is 6.08 Å². The van der Waals surface area contributed by atoms with E-state index in [9.17, 15) is 0 Å². The van der Waals surface area contributed by atoms with Crippen LogP contribution in [-0.2, 0) is 6.42 Å². The molecule has 0 radical (unpaired) electrons. The first-order chi connectivity index (χ1) is 11.6. The molecular weight excluding hydrogens is 292 g/mol. The van der Waals surface area contributed by atoms with Crippen molar-refractivity contribution in [2.45, 2.75) is 40.0 Å². The van der Waals surface area contributed by atoms with E-state index in [4.69, 9.17) is 0 Å². The molecule has 0 unspecified atom stereocenters. The van der Waals surface area contributed by atoms with Crippen LogP contribution in [0.4, 0.5) is 5.69 Å². The fourth-order valence-electron chi connectivity index (χ4n) is 3.05. The largest absolute Gasteiger partial charge is 0.340 e. The van der Waals surface area contributed by atoms with Crippen LogP contribution in [0.1, 0.15) is 47.6 Å². The Balaban J connectivity index is 2.33. The normalized spacial score (nSPS) is 11.4. The Morgan fingerprint density at radius 2 is 1.83 bits per heavy atom. The second kappa shape index (κ2) is 8.49. The molecule has 0 saturated carbocycles. The van der Waals surface area contributed by atoms with Crippen molar-refractivity contribution in [1.29, 1.82) is 0 Å². The molecule has 0 aliphatic carbocycles. The molecule has 0 bridgehead atoms. The first-order valence-corrected chi connectivity index (χ1v) is 8.66. The van der Waals surface area contributed by atoms with E-state index in [1.54, 1.807) is 0 Å². The second-order valence-electron chi connectivity index (χ2n) is 6.18. The fourth-order valence-corrected chi connectivity index (χ4v) is 3.05. The van der Waals surface area contributed by atoms with Gasteiger partial charge in [-0.25, -0.2) is 0 Å². The Morgan fingerprint density at radius 3 is 2.42 bits per heavy atom. The van der Waals surface area contributed by atoms with E-state index in [0.29, 0.717) is 0 Å². The first kappa shape index (κ1) is 18.0. The molecule has 0 saturated heterocycles. The van der Waals surface area contributed by atoms with Gasteiger partial charge in [-0.1, -0.05) is 44.2 Å². The van der Waals surface area contributed by atoms with Crippen LogP contribution in [0.5, 0.6) is 0 Å². The zero-order chi connectivity index (χ0) is 17.5. The van der Waals surface area contributed by atoms with Crippen LogP contribution < -0.4 is 5.32 Å². The number of rotatable bonds is 6. The van der Waals surface area contributed by atoms with Gasteiger partial charge in [0, 0.05) is 18.3 Å². The lowest BCUT2D eigenvalue weighted by atomic mass is 9.95. The molecule has 24 heavy (non-hydrogen) atoms. The van der Waals surface area contributed by atoms with Gasteiger partial charge in [0.25, 0.3) is 0 Å². The van der Waals surface area contributed by atoms with Crippen molar-refractivity contribution in [2.75, 3.05) is 12.4 Å². The van der Waals surface area contributed by atoms with Crippen molar-refractivity contribution in [1.82, 2.24) is 0 Å². The average Bonchev–Trinajstić information content (AvgIpc) is 2.59. The summed E-state index contributed by atoms with van der Waals surface area (Å²) in [4.78, 5) is 4.47. The number of hydrogen-bond acceptors (Lipinski definition) is 1. The molecule has 2 heteroatoms. The van der Waals surface area contributed by atoms with Crippen LogP contribution in [-0.4, -0.2) is 12.9 Å². The highest BCUT2D eigenvalue weighted by Crippen LogP contribution is 2.22. The van der Waals surface area contributed by atoms with Gasteiger partial charge >= 0.3 is 0 Å². The maximum Gasteiger partial charge on any atom is 0.132 e. The number of amidine groups is 1. The minimum Gasteiger partial charge on any atom is -0.340 e. The van der Waals surface area contributed by atoms with Crippen molar-refractivity contribution in [3.8, 4) is 0 Å². The lowest BCUT2D eigenvalue weighted by molar-refractivity contribution is 0.787. The number of nitrogens with zero attached hydrogens (tertiary/aromatic N) is 1. The summed E-state index contributed by atoms with van der Waals surface area (Å²) in [6.45, 7) is 10.5. The van der Waals surface area contributed by atoms with Crippen LogP contribution in [0.3, 0.4) is 0 Å². The second-order valence-corrected chi connectivity index (χ2v) is 6.18. The lowest BCUT2D eigenvalue weighted by Gasteiger charge is -2.16. The SMILES string of the molecule is C=Cc1ccccc1NC(=NC)c1cc(C)c(CCCC)c(C)c1. The zero-order valence-electron chi connectivity index (χ0n) is 15.3. The number of aryl methyl sites for hydroxylation is 2. The summed E-state index contributed by atoms with van der Waals surface area (Å²) in [5.41, 5.74) is 7.40. The van der Waals surface area contributed by atoms with E-state index in [2.05, 4.69) is 55.9 Å². The number of unbranched alkanes of at least 4 members (excludes halogenated alkanes) is 1. The van der Waals surface area contributed by atoms with Crippen molar-refractivity contribution in [3.63, 3.8) is 0 Å². The highest BCUT2D eigenvalue weighted by Gasteiger charge is 2.10. The topological polar surface area (TPSA) is 24.4 Å². The molecule has 2 rings (SSSR count). The Kier molecular flexibility index (Phi) is 6.36. The third-order valence-electron chi connectivity index (χ3n) is 4.41. The monoisotopic (exact) mass is 320 g/mol. The summed E-state index contributed by atoms with van der Waals surface area (Å²) in [6.07, 6.45) is 5.47.